The van der Waals surface area contributed by atoms with Crippen LogP contribution in [-0.4, -0.2) is 44.7 Å². The third-order valence-electron chi connectivity index (χ3n) is 4.22. The third kappa shape index (κ3) is 3.49. The fourth-order valence-corrected chi connectivity index (χ4v) is 2.92. The zero-order valence-electron chi connectivity index (χ0n) is 12.8. The van der Waals surface area contributed by atoms with E-state index in [4.69, 9.17) is 0 Å². The molecular formula is C16H26FN3. The number of hydrogen-bond acceptors (Lipinski definition) is 3. The predicted octanol–water partition coefficient (Wildman–Crippen LogP) is 2.47. The Bertz CT molecular complexity index is 428. The molecule has 0 radical (unpaired) electrons. The van der Waals surface area contributed by atoms with Gasteiger partial charge in [-0.1, -0.05) is 19.1 Å². The van der Waals surface area contributed by atoms with Crippen molar-refractivity contribution in [1.29, 1.82) is 0 Å². The number of halogens is 1. The molecule has 112 valence electrons. The summed E-state index contributed by atoms with van der Waals surface area (Å²) in [5, 5.41) is 3.30. The van der Waals surface area contributed by atoms with E-state index in [0.717, 1.165) is 50.3 Å². The highest BCUT2D eigenvalue weighted by Crippen LogP contribution is 2.28. The molecular weight excluding hydrogens is 253 g/mol. The first-order valence-corrected chi connectivity index (χ1v) is 7.53. The van der Waals surface area contributed by atoms with E-state index in [1.54, 1.807) is 12.1 Å². The molecule has 1 heterocycles. The van der Waals surface area contributed by atoms with E-state index in [0.29, 0.717) is 6.04 Å². The van der Waals surface area contributed by atoms with Gasteiger partial charge in [0.15, 0.2) is 0 Å². The van der Waals surface area contributed by atoms with Crippen molar-refractivity contribution in [3.05, 3.63) is 29.6 Å². The van der Waals surface area contributed by atoms with E-state index in [9.17, 15) is 4.39 Å². The average Bonchev–Trinajstić information content (AvgIpc) is 2.45. The first-order chi connectivity index (χ1) is 9.63. The molecule has 0 aliphatic carbocycles. The van der Waals surface area contributed by atoms with Crippen molar-refractivity contribution in [3.8, 4) is 0 Å². The monoisotopic (exact) mass is 279 g/mol. The summed E-state index contributed by atoms with van der Waals surface area (Å²) < 4.78 is 14.3. The molecule has 20 heavy (non-hydrogen) atoms. The van der Waals surface area contributed by atoms with Gasteiger partial charge in [-0.05, 0) is 51.2 Å². The van der Waals surface area contributed by atoms with Gasteiger partial charge in [0.1, 0.15) is 5.82 Å². The standard InChI is InChI=1S/C16H26FN3/c1-4-18-12-13-6-5-7-15(17)16(13)20(3)14-8-10-19(2)11-9-14/h5-7,14,18H,4,8-12H2,1-3H3. The normalized spacial score (nSPS) is 17.4. The van der Waals surface area contributed by atoms with Crippen LogP contribution in [-0.2, 0) is 6.54 Å². The zero-order valence-corrected chi connectivity index (χ0v) is 12.8. The molecule has 1 aromatic rings. The minimum absolute atomic E-state index is 0.109. The maximum Gasteiger partial charge on any atom is 0.146 e. The van der Waals surface area contributed by atoms with Gasteiger partial charge in [0, 0.05) is 19.6 Å². The van der Waals surface area contributed by atoms with Crippen molar-refractivity contribution >= 4 is 5.69 Å². The van der Waals surface area contributed by atoms with Crippen LogP contribution in [0.15, 0.2) is 18.2 Å². The summed E-state index contributed by atoms with van der Waals surface area (Å²) in [5.41, 5.74) is 1.82. The molecule has 1 fully saturated rings. The van der Waals surface area contributed by atoms with Crippen LogP contribution in [0.2, 0.25) is 0 Å². The van der Waals surface area contributed by atoms with Gasteiger partial charge in [0.25, 0.3) is 0 Å². The first kappa shape index (κ1) is 15.3. The van der Waals surface area contributed by atoms with Gasteiger partial charge < -0.3 is 15.1 Å². The van der Waals surface area contributed by atoms with Gasteiger partial charge >= 0.3 is 0 Å². The lowest BCUT2D eigenvalue weighted by atomic mass is 10.0. The van der Waals surface area contributed by atoms with Crippen molar-refractivity contribution in [1.82, 2.24) is 10.2 Å². The summed E-state index contributed by atoms with van der Waals surface area (Å²) in [6.45, 7) is 5.87. The minimum Gasteiger partial charge on any atom is -0.369 e. The quantitative estimate of drug-likeness (QED) is 0.893. The van der Waals surface area contributed by atoms with Gasteiger partial charge in [-0.25, -0.2) is 4.39 Å². The summed E-state index contributed by atoms with van der Waals surface area (Å²) in [6, 6.07) is 5.82. The van der Waals surface area contributed by atoms with Crippen LogP contribution in [0.25, 0.3) is 0 Å². The number of piperidine rings is 1. The number of hydrogen-bond donors (Lipinski definition) is 1. The van der Waals surface area contributed by atoms with Crippen molar-refractivity contribution in [2.75, 3.05) is 38.6 Å². The fourth-order valence-electron chi connectivity index (χ4n) is 2.92. The number of benzene rings is 1. The fraction of sp³-hybridized carbons (Fsp3) is 0.625. The molecule has 4 heteroatoms. The van der Waals surface area contributed by atoms with Gasteiger partial charge in [0.2, 0.25) is 0 Å². The molecule has 1 saturated heterocycles. The Labute approximate surface area is 121 Å². The molecule has 0 atom stereocenters. The third-order valence-corrected chi connectivity index (χ3v) is 4.22. The van der Waals surface area contributed by atoms with E-state index in [1.807, 2.05) is 13.1 Å². The van der Waals surface area contributed by atoms with Crippen LogP contribution in [0, 0.1) is 5.82 Å². The molecule has 1 aliphatic heterocycles. The molecule has 1 N–H and O–H groups in total. The van der Waals surface area contributed by atoms with Gasteiger partial charge in [0.05, 0.1) is 5.69 Å². The van der Waals surface area contributed by atoms with Crippen molar-refractivity contribution in [3.63, 3.8) is 0 Å². The van der Waals surface area contributed by atoms with Gasteiger partial charge in [-0.15, -0.1) is 0 Å². The van der Waals surface area contributed by atoms with Crippen LogP contribution in [0.4, 0.5) is 10.1 Å². The molecule has 0 bridgehead atoms. The number of nitrogens with zero attached hydrogens (tertiary/aromatic N) is 2. The summed E-state index contributed by atoms with van der Waals surface area (Å²) in [5.74, 6) is -0.109. The lowest BCUT2D eigenvalue weighted by molar-refractivity contribution is 0.252. The van der Waals surface area contributed by atoms with Crippen molar-refractivity contribution < 1.29 is 4.39 Å². The Morgan fingerprint density at radius 1 is 1.35 bits per heavy atom. The molecule has 1 aliphatic rings. The van der Waals surface area contributed by atoms with Crippen LogP contribution < -0.4 is 10.2 Å². The van der Waals surface area contributed by atoms with E-state index >= 15 is 0 Å². The Kier molecular flexibility index (Phi) is 5.38. The van der Waals surface area contributed by atoms with Crippen LogP contribution in [0.1, 0.15) is 25.3 Å². The smallest absolute Gasteiger partial charge is 0.146 e. The summed E-state index contributed by atoms with van der Waals surface area (Å²) >= 11 is 0. The highest BCUT2D eigenvalue weighted by atomic mass is 19.1. The number of nitrogens with one attached hydrogen (secondary N) is 1. The topological polar surface area (TPSA) is 18.5 Å². The molecule has 0 amide bonds. The molecule has 2 rings (SSSR count). The zero-order chi connectivity index (χ0) is 14.5. The second kappa shape index (κ2) is 7.04. The maximum absolute atomic E-state index is 14.3. The molecule has 0 aromatic heterocycles. The second-order valence-corrected chi connectivity index (χ2v) is 5.67. The molecule has 0 spiro atoms. The lowest BCUT2D eigenvalue weighted by Crippen LogP contribution is -2.42. The summed E-state index contributed by atoms with van der Waals surface area (Å²) in [7, 11) is 4.18. The highest BCUT2D eigenvalue weighted by Gasteiger charge is 2.24. The maximum atomic E-state index is 14.3. The van der Waals surface area contributed by atoms with E-state index in [2.05, 4.69) is 29.1 Å². The van der Waals surface area contributed by atoms with E-state index in [1.165, 1.54) is 0 Å². The minimum atomic E-state index is -0.109. The Hall–Kier alpha value is -1.13. The van der Waals surface area contributed by atoms with Crippen LogP contribution >= 0.6 is 0 Å². The first-order valence-electron chi connectivity index (χ1n) is 7.53. The molecule has 3 nitrogen and oxygen atoms in total. The van der Waals surface area contributed by atoms with Crippen LogP contribution in [0.5, 0.6) is 0 Å². The SMILES string of the molecule is CCNCc1cccc(F)c1N(C)C1CCN(C)CC1. The second-order valence-electron chi connectivity index (χ2n) is 5.67. The van der Waals surface area contributed by atoms with Crippen molar-refractivity contribution in [2.24, 2.45) is 0 Å². The summed E-state index contributed by atoms with van der Waals surface area (Å²) in [6.07, 6.45) is 2.20. The number of anilines is 1. The number of para-hydroxylation sites is 1. The van der Waals surface area contributed by atoms with Crippen LogP contribution in [0.3, 0.4) is 0 Å². The van der Waals surface area contributed by atoms with E-state index < -0.39 is 0 Å². The lowest BCUT2D eigenvalue weighted by Gasteiger charge is -2.37. The Morgan fingerprint density at radius 2 is 2.05 bits per heavy atom. The number of likely N-dealkylation sites (tertiary alicyclic amines) is 1. The van der Waals surface area contributed by atoms with E-state index in [-0.39, 0.29) is 5.82 Å². The average molecular weight is 279 g/mol. The van der Waals surface area contributed by atoms with Gasteiger partial charge in [-0.3, -0.25) is 0 Å². The summed E-state index contributed by atoms with van der Waals surface area (Å²) in [4.78, 5) is 4.49. The predicted molar refractivity (Wildman–Crippen MR) is 82.7 cm³/mol. The number of rotatable bonds is 5. The Balaban J connectivity index is 2.17. The molecule has 0 unspecified atom stereocenters. The largest absolute Gasteiger partial charge is 0.369 e. The van der Waals surface area contributed by atoms with Gasteiger partial charge in [-0.2, -0.15) is 0 Å². The molecule has 0 saturated carbocycles. The highest BCUT2D eigenvalue weighted by molar-refractivity contribution is 5.55. The van der Waals surface area contributed by atoms with Crippen molar-refractivity contribution in [2.45, 2.75) is 32.4 Å². The molecule has 1 aromatic carbocycles. The Morgan fingerprint density at radius 3 is 2.70 bits per heavy atom.